The van der Waals surface area contributed by atoms with E-state index in [1.54, 1.807) is 36.4 Å². The Balaban J connectivity index is 1.91. The van der Waals surface area contributed by atoms with Crippen molar-refractivity contribution < 1.29 is 19.2 Å². The predicted molar refractivity (Wildman–Crippen MR) is 159 cm³/mol. The molecule has 0 N–H and O–H groups in total. The van der Waals surface area contributed by atoms with Crippen molar-refractivity contribution in [2.24, 2.45) is 0 Å². The van der Waals surface area contributed by atoms with Crippen molar-refractivity contribution in [2.45, 2.75) is 6.92 Å². The van der Waals surface area contributed by atoms with Crippen LogP contribution in [0, 0.1) is 37.3 Å². The molecule has 0 atom stereocenters. The Kier molecular flexibility index (Phi) is 6.76. The van der Waals surface area contributed by atoms with Crippen molar-refractivity contribution in [1.82, 2.24) is 0 Å². The van der Waals surface area contributed by atoms with Gasteiger partial charge in [-0.1, -0.05) is 71.8 Å². The SMILES string of the molecule is Cc1ccc(C2=C(c3ccc([N+](=O)[O-])cc3)[B-](c3ccc([N+](=O)[O-])cc3)(c3ccc([N+](=O)[O-])cc3)[N+](C)(C)C2)cc1. The van der Waals surface area contributed by atoms with Gasteiger partial charge in [-0.2, -0.15) is 0 Å². The van der Waals surface area contributed by atoms with Crippen LogP contribution in [-0.4, -0.2) is 46.1 Å². The van der Waals surface area contributed by atoms with E-state index >= 15 is 0 Å². The number of aryl methyl sites for hydroxylation is 1. The fourth-order valence-electron chi connectivity index (χ4n) is 6.49. The topological polar surface area (TPSA) is 129 Å². The van der Waals surface area contributed by atoms with Crippen LogP contribution in [0.4, 0.5) is 17.1 Å². The van der Waals surface area contributed by atoms with E-state index in [0.29, 0.717) is 10.9 Å². The van der Waals surface area contributed by atoms with Gasteiger partial charge >= 0.3 is 0 Å². The van der Waals surface area contributed by atoms with Crippen LogP contribution in [0.1, 0.15) is 16.7 Å². The third kappa shape index (κ3) is 4.55. The summed E-state index contributed by atoms with van der Waals surface area (Å²) in [4.78, 5) is 33.2. The summed E-state index contributed by atoms with van der Waals surface area (Å²) in [6.45, 7) is 2.58. The molecule has 0 unspecified atom stereocenters. The number of nitro groups is 3. The van der Waals surface area contributed by atoms with Gasteiger partial charge < -0.3 is 4.39 Å². The summed E-state index contributed by atoms with van der Waals surface area (Å²) in [6, 6.07) is 27.5. The van der Waals surface area contributed by atoms with Crippen LogP contribution in [-0.2, 0) is 0 Å². The number of nitrogens with zero attached hydrogens (tertiary/aromatic N) is 4. The monoisotopic (exact) mass is 550 g/mol. The number of rotatable bonds is 7. The van der Waals surface area contributed by atoms with E-state index in [-0.39, 0.29) is 17.1 Å². The molecule has 0 saturated heterocycles. The highest BCUT2D eigenvalue weighted by Gasteiger charge is 2.53. The lowest BCUT2D eigenvalue weighted by Crippen LogP contribution is -2.75. The van der Waals surface area contributed by atoms with Gasteiger partial charge in [0.15, 0.2) is 0 Å². The van der Waals surface area contributed by atoms with Gasteiger partial charge in [-0.3, -0.25) is 30.3 Å². The molecule has 1 heterocycles. The lowest BCUT2D eigenvalue weighted by molar-refractivity contribution is -0.774. The number of hydrogen-bond donors (Lipinski definition) is 0. The fraction of sp³-hybridized carbons (Fsp3) is 0.133. The van der Waals surface area contributed by atoms with Crippen molar-refractivity contribution >= 4 is 45.3 Å². The second-order valence-electron chi connectivity index (χ2n) is 11.0. The highest BCUT2D eigenvalue weighted by Crippen LogP contribution is 2.45. The van der Waals surface area contributed by atoms with Crippen LogP contribution in [0.5, 0.6) is 0 Å². The largest absolute Gasteiger partial charge is 0.505 e. The Morgan fingerprint density at radius 3 is 1.34 bits per heavy atom. The van der Waals surface area contributed by atoms with Crippen molar-refractivity contribution in [3.8, 4) is 0 Å². The molecule has 0 amide bonds. The van der Waals surface area contributed by atoms with Gasteiger partial charge in [-0.05, 0) is 18.1 Å². The third-order valence-corrected chi connectivity index (χ3v) is 8.32. The molecule has 5 rings (SSSR count). The van der Waals surface area contributed by atoms with Crippen LogP contribution >= 0.6 is 0 Å². The number of likely N-dealkylation sites (N-methyl/N-ethyl adjacent to an activating group) is 1. The van der Waals surface area contributed by atoms with Gasteiger partial charge in [0.25, 0.3) is 23.3 Å². The first-order valence-electron chi connectivity index (χ1n) is 13.0. The highest BCUT2D eigenvalue weighted by molar-refractivity contribution is 7.11. The molecule has 0 aliphatic carbocycles. The molecule has 206 valence electrons. The molecule has 0 aromatic heterocycles. The zero-order valence-electron chi connectivity index (χ0n) is 22.8. The zero-order chi connectivity index (χ0) is 29.5. The summed E-state index contributed by atoms with van der Waals surface area (Å²) in [5.41, 5.74) is 6.29. The summed E-state index contributed by atoms with van der Waals surface area (Å²) >= 11 is 0. The van der Waals surface area contributed by atoms with E-state index in [9.17, 15) is 30.3 Å². The molecule has 0 spiro atoms. The van der Waals surface area contributed by atoms with Crippen LogP contribution in [0.25, 0.3) is 11.0 Å². The summed E-state index contributed by atoms with van der Waals surface area (Å²) in [5.74, 6) is 0. The molecule has 4 aromatic carbocycles. The van der Waals surface area contributed by atoms with Gasteiger partial charge in [-0.25, -0.2) is 0 Å². The number of nitro benzene ring substituents is 3. The number of quaternary nitrogens is 1. The molecule has 1 aliphatic rings. The predicted octanol–water partition coefficient (Wildman–Crippen LogP) is 5.02. The smallest absolute Gasteiger partial charge is 0.292 e. The molecule has 1 aliphatic heterocycles. The average Bonchev–Trinajstić information content (AvgIpc) is 3.21. The first kappa shape index (κ1) is 27.4. The lowest BCUT2D eigenvalue weighted by Gasteiger charge is -2.53. The van der Waals surface area contributed by atoms with E-state index in [4.69, 9.17) is 0 Å². The van der Waals surface area contributed by atoms with Crippen molar-refractivity contribution in [3.63, 3.8) is 0 Å². The Morgan fingerprint density at radius 1 is 0.585 bits per heavy atom. The molecule has 0 saturated carbocycles. The van der Waals surface area contributed by atoms with Crippen LogP contribution < -0.4 is 10.9 Å². The molecular weight excluding hydrogens is 523 g/mol. The zero-order valence-corrected chi connectivity index (χ0v) is 22.8. The number of hydrogen-bond acceptors (Lipinski definition) is 6. The van der Waals surface area contributed by atoms with E-state index in [1.807, 2.05) is 31.2 Å². The maximum Gasteiger partial charge on any atom is 0.292 e. The fourth-order valence-corrected chi connectivity index (χ4v) is 6.49. The summed E-state index contributed by atoms with van der Waals surface area (Å²) in [5, 5.41) is 34.5. The van der Waals surface area contributed by atoms with E-state index in [1.165, 1.54) is 36.4 Å². The van der Waals surface area contributed by atoms with Crippen LogP contribution in [0.2, 0.25) is 0 Å². The van der Waals surface area contributed by atoms with Gasteiger partial charge in [0.2, 0.25) is 0 Å². The number of benzene rings is 4. The standard InChI is InChI=1S/C30H27BN4O6/c1-21-4-6-22(7-5-21)29-20-35(2,3)31(24-10-16-27(17-11-24)33(38)39,25-12-18-28(19-13-25)34(40)41)30(29)23-8-14-26(15-9-23)32(36)37/h4-19H,20H2,1-3H3. The summed E-state index contributed by atoms with van der Waals surface area (Å²) in [6.07, 6.45) is -1.98. The van der Waals surface area contributed by atoms with Gasteiger partial charge in [0, 0.05) is 50.5 Å². The third-order valence-electron chi connectivity index (χ3n) is 8.32. The van der Waals surface area contributed by atoms with Gasteiger partial charge in [-0.15, -0.1) is 16.4 Å². The highest BCUT2D eigenvalue weighted by atomic mass is 16.6. The first-order valence-corrected chi connectivity index (χ1v) is 13.0. The minimum absolute atomic E-state index is 0.0400. The van der Waals surface area contributed by atoms with E-state index in [0.717, 1.165) is 38.7 Å². The molecule has 41 heavy (non-hydrogen) atoms. The van der Waals surface area contributed by atoms with Crippen LogP contribution in [0.3, 0.4) is 0 Å². The number of non-ortho nitro benzene ring substituents is 3. The molecule has 10 nitrogen and oxygen atoms in total. The van der Waals surface area contributed by atoms with E-state index < -0.39 is 21.1 Å². The van der Waals surface area contributed by atoms with Gasteiger partial charge in [0.05, 0.1) is 21.3 Å². The van der Waals surface area contributed by atoms with E-state index in [2.05, 4.69) is 14.1 Å². The quantitative estimate of drug-likeness (QED) is 0.181. The van der Waals surface area contributed by atoms with Crippen LogP contribution in [0.15, 0.2) is 97.1 Å². The molecule has 0 fully saturated rings. The molecule has 4 aromatic rings. The Labute approximate surface area is 236 Å². The minimum atomic E-state index is -1.98. The maximum absolute atomic E-state index is 11.5. The average molecular weight is 550 g/mol. The second kappa shape index (κ2) is 10.1. The van der Waals surface area contributed by atoms with Crippen molar-refractivity contribution in [3.05, 3.63) is 144 Å². The van der Waals surface area contributed by atoms with Crippen molar-refractivity contribution in [1.29, 1.82) is 0 Å². The Morgan fingerprint density at radius 2 is 0.951 bits per heavy atom. The molecule has 11 heteroatoms. The van der Waals surface area contributed by atoms with Gasteiger partial charge in [0.1, 0.15) is 0 Å². The Bertz CT molecular complexity index is 1640. The summed E-state index contributed by atoms with van der Waals surface area (Å²) in [7, 11) is 4.16. The Hall–Kier alpha value is -5.16. The summed E-state index contributed by atoms with van der Waals surface area (Å²) < 4.78 is 0.408. The normalized spacial score (nSPS) is 15.5. The maximum atomic E-state index is 11.5. The minimum Gasteiger partial charge on any atom is -0.505 e. The molecular formula is C30H27BN4O6. The molecule has 0 bridgehead atoms. The lowest BCUT2D eigenvalue weighted by atomic mass is 9.21. The molecule has 0 radical (unpaired) electrons. The second-order valence-corrected chi connectivity index (χ2v) is 11.0. The first-order chi connectivity index (χ1) is 19.5. The van der Waals surface area contributed by atoms with Crippen molar-refractivity contribution in [2.75, 3.05) is 20.6 Å².